The molecule has 2 rings (SSSR count). The van der Waals surface area contributed by atoms with Crippen molar-refractivity contribution in [2.45, 2.75) is 80.4 Å². The molecule has 9 atom stereocenters. The summed E-state index contributed by atoms with van der Waals surface area (Å²) in [5.74, 6) is 0.150. The van der Waals surface area contributed by atoms with Gasteiger partial charge in [0.25, 0.3) is 0 Å². The molecule has 0 aromatic carbocycles. The summed E-state index contributed by atoms with van der Waals surface area (Å²) in [5, 5.41) is 23.4. The van der Waals surface area contributed by atoms with Crippen LogP contribution < -0.4 is 5.32 Å². The van der Waals surface area contributed by atoms with Crippen molar-refractivity contribution in [2.24, 2.45) is 5.92 Å². The summed E-state index contributed by atoms with van der Waals surface area (Å²) in [5.41, 5.74) is -1.20. The van der Waals surface area contributed by atoms with Gasteiger partial charge in [-0.15, -0.1) is 11.6 Å². The van der Waals surface area contributed by atoms with Gasteiger partial charge in [-0.3, -0.25) is 14.2 Å². The molecule has 2 saturated heterocycles. The molecule has 0 radical (unpaired) electrons. The number of halogens is 1. The van der Waals surface area contributed by atoms with Gasteiger partial charge in [-0.1, -0.05) is 13.3 Å². The van der Waals surface area contributed by atoms with Crippen LogP contribution in [0.5, 0.6) is 0 Å². The highest BCUT2D eigenvalue weighted by Crippen LogP contribution is 2.44. The first-order chi connectivity index (χ1) is 14.9. The standard InChI is InChI=1S/C18H34ClN2O9PS/c1-5-6-10-7-11(21(3)8-10)17(24)20-12(9(2)19)15-13(22)14(23)16(30-31(25,26)27)18(29-15)32-28-4/h9-16,18,22-23H,5-8H2,1-4H3,(H,20,24)(H2,25,26,27)/t9?,10?,11?,12?,13-,14+,15-,16-,18-/m1/s1. The molecule has 11 nitrogen and oxygen atoms in total. The third kappa shape index (κ3) is 7.26. The van der Waals surface area contributed by atoms with Gasteiger partial charge < -0.3 is 34.2 Å². The monoisotopic (exact) mass is 520 g/mol. The lowest BCUT2D eigenvalue weighted by Gasteiger charge is -2.45. The van der Waals surface area contributed by atoms with Crippen molar-refractivity contribution in [1.29, 1.82) is 0 Å². The number of nitrogens with one attached hydrogen (secondary N) is 1. The fraction of sp³-hybridized carbons (Fsp3) is 0.944. The van der Waals surface area contributed by atoms with E-state index in [4.69, 9.17) is 30.3 Å². The van der Waals surface area contributed by atoms with Gasteiger partial charge in [0, 0.05) is 18.6 Å². The predicted octanol–water partition coefficient (Wildman–Crippen LogP) is 0.438. The molecule has 14 heteroatoms. The molecule has 0 aliphatic carbocycles. The third-order valence-electron chi connectivity index (χ3n) is 5.82. The largest absolute Gasteiger partial charge is 0.470 e. The van der Waals surface area contributed by atoms with Crippen molar-refractivity contribution in [1.82, 2.24) is 10.2 Å². The molecule has 32 heavy (non-hydrogen) atoms. The number of carbonyl (C=O) groups excluding carboxylic acids is 1. The Balaban J connectivity index is 2.18. The number of rotatable bonds is 10. The second-order valence-electron chi connectivity index (χ2n) is 8.33. The van der Waals surface area contributed by atoms with Crippen LogP contribution in [0.1, 0.15) is 33.1 Å². The van der Waals surface area contributed by atoms with Crippen LogP contribution in [0, 0.1) is 5.92 Å². The maximum absolute atomic E-state index is 13.0. The molecule has 1 amide bonds. The van der Waals surface area contributed by atoms with Crippen molar-refractivity contribution in [3.8, 4) is 0 Å². The van der Waals surface area contributed by atoms with Crippen molar-refractivity contribution >= 4 is 37.4 Å². The van der Waals surface area contributed by atoms with E-state index >= 15 is 0 Å². The van der Waals surface area contributed by atoms with Crippen molar-refractivity contribution in [3.63, 3.8) is 0 Å². The minimum atomic E-state index is -5.00. The summed E-state index contributed by atoms with van der Waals surface area (Å²) in [4.78, 5) is 33.3. The number of aliphatic hydroxyl groups excluding tert-OH is 2. The van der Waals surface area contributed by atoms with Crippen molar-refractivity contribution in [3.05, 3.63) is 0 Å². The van der Waals surface area contributed by atoms with E-state index in [-0.39, 0.29) is 11.9 Å². The van der Waals surface area contributed by atoms with Crippen molar-refractivity contribution in [2.75, 3.05) is 20.7 Å². The van der Waals surface area contributed by atoms with Crippen LogP contribution in [0.4, 0.5) is 0 Å². The van der Waals surface area contributed by atoms with Crippen LogP contribution in [0.3, 0.4) is 0 Å². The number of likely N-dealkylation sites (tertiary alicyclic amines) is 1. The number of likely N-dealkylation sites (N-methyl/N-ethyl adjacent to an activating group) is 1. The molecule has 2 fully saturated rings. The lowest BCUT2D eigenvalue weighted by atomic mass is 9.92. The average Bonchev–Trinajstić information content (AvgIpc) is 3.05. The molecule has 4 unspecified atom stereocenters. The summed E-state index contributed by atoms with van der Waals surface area (Å²) in [6.45, 7) is 4.52. The van der Waals surface area contributed by atoms with Crippen molar-refractivity contribution < 1.29 is 42.8 Å². The SMILES string of the molecule is CCCC1CC(C(=O)NC(C(C)Cl)[C@H]2O[C@H](SOC)[C@H](OP(=O)(O)O)[C@@H](O)[C@H]2O)N(C)C1. The smallest absolute Gasteiger partial charge is 0.388 e. The highest BCUT2D eigenvalue weighted by Gasteiger charge is 2.52. The zero-order valence-electron chi connectivity index (χ0n) is 18.5. The molecule has 0 saturated carbocycles. The Morgan fingerprint density at radius 1 is 1.38 bits per heavy atom. The fourth-order valence-corrected chi connectivity index (χ4v) is 5.88. The van der Waals surface area contributed by atoms with Crippen LogP contribution in [0.25, 0.3) is 0 Å². The Kier molecular flexibility index (Phi) is 10.7. The number of amides is 1. The summed E-state index contributed by atoms with van der Waals surface area (Å²) >= 11 is 6.99. The quantitative estimate of drug-likeness (QED) is 0.154. The topological polar surface area (TPSA) is 158 Å². The van der Waals surface area contributed by atoms with Crippen LogP contribution in [-0.2, 0) is 22.8 Å². The van der Waals surface area contributed by atoms with Crippen LogP contribution in [0.2, 0.25) is 0 Å². The second-order valence-corrected chi connectivity index (χ2v) is 11.2. The maximum atomic E-state index is 13.0. The average molecular weight is 521 g/mol. The molecule has 0 bridgehead atoms. The number of hydrogen-bond acceptors (Lipinski definition) is 9. The second kappa shape index (κ2) is 12.1. The summed E-state index contributed by atoms with van der Waals surface area (Å²) in [6, 6.07) is -1.26. The van der Waals surface area contributed by atoms with Gasteiger partial charge in [0.1, 0.15) is 24.4 Å². The number of hydrogen-bond donors (Lipinski definition) is 5. The molecule has 2 heterocycles. The lowest BCUT2D eigenvalue weighted by Crippen LogP contribution is -2.65. The number of alkyl halides is 1. The number of phosphoric acid groups is 1. The molecular formula is C18H34ClN2O9PS. The Hall–Kier alpha value is 0.0200. The predicted molar refractivity (Wildman–Crippen MR) is 119 cm³/mol. The number of ether oxygens (including phenoxy) is 1. The lowest BCUT2D eigenvalue weighted by molar-refractivity contribution is -0.202. The summed E-state index contributed by atoms with van der Waals surface area (Å²) in [6.07, 6.45) is -3.36. The van der Waals surface area contributed by atoms with E-state index < -0.39 is 49.1 Å². The van der Waals surface area contributed by atoms with E-state index in [1.54, 1.807) is 6.92 Å². The molecular weight excluding hydrogens is 487 g/mol. The summed E-state index contributed by atoms with van der Waals surface area (Å²) in [7, 11) is -1.81. The van der Waals surface area contributed by atoms with Gasteiger partial charge in [-0.05, 0) is 32.7 Å². The molecule has 0 aromatic heterocycles. The van der Waals surface area contributed by atoms with Crippen LogP contribution in [0.15, 0.2) is 0 Å². The molecule has 0 aromatic rings. The number of phosphoric ester groups is 1. The summed E-state index contributed by atoms with van der Waals surface area (Å²) < 4.78 is 26.7. The zero-order chi connectivity index (χ0) is 24.2. The highest BCUT2D eigenvalue weighted by atomic mass is 35.5. The fourth-order valence-electron chi connectivity index (χ4n) is 4.35. The van der Waals surface area contributed by atoms with Gasteiger partial charge >= 0.3 is 7.82 Å². The number of aliphatic hydroxyl groups is 2. The van der Waals surface area contributed by atoms with E-state index in [1.165, 1.54) is 7.11 Å². The first-order valence-corrected chi connectivity index (χ1v) is 13.3. The van der Waals surface area contributed by atoms with Gasteiger partial charge in [0.15, 0.2) is 5.44 Å². The normalized spacial score (nSPS) is 36.1. The Labute approximate surface area is 197 Å². The molecule has 2 aliphatic heterocycles. The van der Waals surface area contributed by atoms with Gasteiger partial charge in [-0.2, -0.15) is 0 Å². The van der Waals surface area contributed by atoms with Crippen LogP contribution >= 0.6 is 31.5 Å². The minimum Gasteiger partial charge on any atom is -0.388 e. The maximum Gasteiger partial charge on any atom is 0.470 e. The van der Waals surface area contributed by atoms with E-state index in [9.17, 15) is 19.6 Å². The highest BCUT2D eigenvalue weighted by molar-refractivity contribution is 7.95. The zero-order valence-corrected chi connectivity index (χ0v) is 21.0. The van der Waals surface area contributed by atoms with Crippen LogP contribution in [-0.4, -0.2) is 98.8 Å². The number of nitrogens with zero attached hydrogens (tertiary/aromatic N) is 1. The first-order valence-electron chi connectivity index (χ1n) is 10.5. The van der Waals surface area contributed by atoms with E-state index in [2.05, 4.69) is 16.8 Å². The Bertz CT molecular complexity index is 672. The molecule has 0 spiro atoms. The van der Waals surface area contributed by atoms with E-state index in [0.717, 1.165) is 19.4 Å². The van der Waals surface area contributed by atoms with E-state index in [0.29, 0.717) is 24.4 Å². The van der Waals surface area contributed by atoms with Gasteiger partial charge in [0.2, 0.25) is 5.91 Å². The van der Waals surface area contributed by atoms with Gasteiger partial charge in [-0.25, -0.2) is 4.57 Å². The molecule has 5 N–H and O–H groups in total. The first kappa shape index (κ1) is 28.3. The number of carbonyl (C=O) groups is 1. The Morgan fingerprint density at radius 2 is 2.03 bits per heavy atom. The molecule has 2 aliphatic rings. The Morgan fingerprint density at radius 3 is 2.56 bits per heavy atom. The minimum absolute atomic E-state index is 0.265. The third-order valence-corrected chi connectivity index (χ3v) is 7.38. The van der Waals surface area contributed by atoms with E-state index in [1.807, 2.05) is 11.9 Å². The van der Waals surface area contributed by atoms with Gasteiger partial charge in [0.05, 0.1) is 24.6 Å². The molecule has 188 valence electrons.